The third-order valence-electron chi connectivity index (χ3n) is 3.49. The third kappa shape index (κ3) is 4.12. The van der Waals surface area contributed by atoms with Crippen molar-refractivity contribution in [2.24, 2.45) is 0 Å². The Labute approximate surface area is 127 Å². The lowest BCUT2D eigenvalue weighted by Gasteiger charge is -2.30. The lowest BCUT2D eigenvalue weighted by Crippen LogP contribution is -2.52. The van der Waals surface area contributed by atoms with Crippen LogP contribution < -0.4 is 10.6 Å². The summed E-state index contributed by atoms with van der Waals surface area (Å²) in [6.45, 7) is 2.86. The van der Waals surface area contributed by atoms with Gasteiger partial charge in [0.1, 0.15) is 5.82 Å². The van der Waals surface area contributed by atoms with E-state index in [9.17, 15) is 19.3 Å². The number of benzene rings is 1. The molecule has 116 valence electrons. The highest BCUT2D eigenvalue weighted by atomic mass is 35.5. The van der Waals surface area contributed by atoms with Crippen LogP contribution in [0.15, 0.2) is 18.2 Å². The molecule has 0 bridgehead atoms. The molecule has 1 fully saturated rings. The molecular formula is C13H17ClFN3O3. The molecule has 6 nitrogen and oxygen atoms in total. The molecule has 2 N–H and O–H groups in total. The van der Waals surface area contributed by atoms with Crippen LogP contribution in [0, 0.1) is 15.9 Å². The van der Waals surface area contributed by atoms with Gasteiger partial charge >= 0.3 is 0 Å². The van der Waals surface area contributed by atoms with E-state index in [4.69, 9.17) is 0 Å². The minimum atomic E-state index is -0.881. The molecule has 0 radical (unpaired) electrons. The molecule has 8 heteroatoms. The van der Waals surface area contributed by atoms with Gasteiger partial charge in [-0.15, -0.1) is 12.4 Å². The van der Waals surface area contributed by atoms with Crippen LogP contribution in [0.1, 0.15) is 30.1 Å². The number of carbonyl (C=O) groups is 1. The van der Waals surface area contributed by atoms with Gasteiger partial charge in [0.25, 0.3) is 11.6 Å². The number of amides is 1. The average Bonchev–Trinajstić information content (AvgIpc) is 2.41. The molecule has 0 saturated carbocycles. The zero-order valence-corrected chi connectivity index (χ0v) is 12.3. The van der Waals surface area contributed by atoms with E-state index in [0.29, 0.717) is 0 Å². The van der Waals surface area contributed by atoms with Crippen LogP contribution in [-0.2, 0) is 0 Å². The van der Waals surface area contributed by atoms with Crippen molar-refractivity contribution in [1.82, 2.24) is 10.6 Å². The normalized spacial score (nSPS) is 21.2. The van der Waals surface area contributed by atoms with Gasteiger partial charge in [-0.05, 0) is 32.4 Å². The van der Waals surface area contributed by atoms with Crippen molar-refractivity contribution in [3.8, 4) is 0 Å². The lowest BCUT2D eigenvalue weighted by atomic mass is 9.99. The first kappa shape index (κ1) is 17.3. The molecule has 2 rings (SSSR count). The monoisotopic (exact) mass is 317 g/mol. The Morgan fingerprint density at radius 2 is 2.24 bits per heavy atom. The van der Waals surface area contributed by atoms with Crippen LogP contribution in [0.5, 0.6) is 0 Å². The largest absolute Gasteiger partial charge is 0.348 e. The molecule has 0 aliphatic carbocycles. The highest BCUT2D eigenvalue weighted by molar-refractivity contribution is 5.95. The number of nitrogens with one attached hydrogen (secondary N) is 2. The number of nitrogens with zero attached hydrogens (tertiary/aromatic N) is 1. The van der Waals surface area contributed by atoms with Gasteiger partial charge in [0.2, 0.25) is 0 Å². The maximum Gasteiger partial charge on any atom is 0.272 e. The predicted molar refractivity (Wildman–Crippen MR) is 78.3 cm³/mol. The van der Waals surface area contributed by atoms with Gasteiger partial charge in [0, 0.05) is 18.2 Å². The lowest BCUT2D eigenvalue weighted by molar-refractivity contribution is -0.385. The SMILES string of the molecule is CC1NCCCC1NC(=O)c1ccc([N+](=O)[O-])cc1F.Cl. The Balaban J connectivity index is 0.00000220. The van der Waals surface area contributed by atoms with Gasteiger partial charge in [0.15, 0.2) is 0 Å². The zero-order chi connectivity index (χ0) is 14.7. The molecule has 21 heavy (non-hydrogen) atoms. The summed E-state index contributed by atoms with van der Waals surface area (Å²) >= 11 is 0. The van der Waals surface area contributed by atoms with E-state index >= 15 is 0 Å². The fraction of sp³-hybridized carbons (Fsp3) is 0.462. The van der Waals surface area contributed by atoms with Crippen molar-refractivity contribution in [3.05, 3.63) is 39.7 Å². The van der Waals surface area contributed by atoms with Gasteiger partial charge < -0.3 is 10.6 Å². The Hall–Kier alpha value is -1.73. The molecule has 1 amide bonds. The number of rotatable bonds is 3. The van der Waals surface area contributed by atoms with Crippen molar-refractivity contribution in [1.29, 1.82) is 0 Å². The topological polar surface area (TPSA) is 84.3 Å². The molecule has 1 heterocycles. The van der Waals surface area contributed by atoms with Crippen LogP contribution in [0.4, 0.5) is 10.1 Å². The molecule has 1 saturated heterocycles. The average molecular weight is 318 g/mol. The predicted octanol–water partition coefficient (Wildman–Crippen LogP) is 2.03. The smallest absolute Gasteiger partial charge is 0.272 e. The highest BCUT2D eigenvalue weighted by Crippen LogP contribution is 2.17. The minimum Gasteiger partial charge on any atom is -0.348 e. The van der Waals surface area contributed by atoms with E-state index in [1.165, 1.54) is 0 Å². The summed E-state index contributed by atoms with van der Waals surface area (Å²) < 4.78 is 13.7. The van der Waals surface area contributed by atoms with E-state index in [-0.39, 0.29) is 35.7 Å². The summed E-state index contributed by atoms with van der Waals surface area (Å²) in [6.07, 6.45) is 1.77. The number of hydrogen-bond donors (Lipinski definition) is 2. The van der Waals surface area contributed by atoms with Gasteiger partial charge in [0.05, 0.1) is 16.6 Å². The second-order valence-electron chi connectivity index (χ2n) is 4.89. The second kappa shape index (κ2) is 7.33. The Bertz CT molecular complexity index is 541. The van der Waals surface area contributed by atoms with E-state index in [0.717, 1.165) is 37.6 Å². The molecule has 1 aliphatic rings. The van der Waals surface area contributed by atoms with Crippen LogP contribution in [0.2, 0.25) is 0 Å². The maximum absolute atomic E-state index is 13.7. The quantitative estimate of drug-likeness (QED) is 0.660. The summed E-state index contributed by atoms with van der Waals surface area (Å²) in [6, 6.07) is 3.08. The maximum atomic E-state index is 13.7. The van der Waals surface area contributed by atoms with Gasteiger partial charge in [-0.3, -0.25) is 14.9 Å². The first-order valence-electron chi connectivity index (χ1n) is 6.47. The van der Waals surface area contributed by atoms with Gasteiger partial charge in [-0.2, -0.15) is 0 Å². The molecule has 2 unspecified atom stereocenters. The molecule has 1 aliphatic heterocycles. The molecule has 1 aromatic rings. The van der Waals surface area contributed by atoms with E-state index < -0.39 is 16.6 Å². The van der Waals surface area contributed by atoms with Crippen molar-refractivity contribution >= 4 is 24.0 Å². The molecule has 1 aromatic carbocycles. The van der Waals surface area contributed by atoms with E-state index in [2.05, 4.69) is 10.6 Å². The Morgan fingerprint density at radius 1 is 1.52 bits per heavy atom. The zero-order valence-electron chi connectivity index (χ0n) is 11.5. The molecule has 0 spiro atoms. The number of nitro groups is 1. The summed E-state index contributed by atoms with van der Waals surface area (Å²) in [5, 5.41) is 16.5. The fourth-order valence-electron chi connectivity index (χ4n) is 2.29. The number of nitro benzene ring substituents is 1. The molecule has 0 aromatic heterocycles. The highest BCUT2D eigenvalue weighted by Gasteiger charge is 2.24. The van der Waals surface area contributed by atoms with Gasteiger partial charge in [-0.1, -0.05) is 0 Å². The number of hydrogen-bond acceptors (Lipinski definition) is 4. The van der Waals surface area contributed by atoms with E-state index in [1.807, 2.05) is 6.92 Å². The minimum absolute atomic E-state index is 0. The third-order valence-corrected chi connectivity index (χ3v) is 3.49. The van der Waals surface area contributed by atoms with Crippen LogP contribution in [-0.4, -0.2) is 29.5 Å². The first-order valence-corrected chi connectivity index (χ1v) is 6.47. The van der Waals surface area contributed by atoms with Crippen LogP contribution in [0.25, 0.3) is 0 Å². The number of non-ortho nitro benzene ring substituents is 1. The second-order valence-corrected chi connectivity index (χ2v) is 4.89. The van der Waals surface area contributed by atoms with E-state index in [1.54, 1.807) is 0 Å². The van der Waals surface area contributed by atoms with Crippen LogP contribution in [0.3, 0.4) is 0 Å². The summed E-state index contributed by atoms with van der Waals surface area (Å²) in [5.41, 5.74) is -0.542. The Kier molecular flexibility index (Phi) is 6.04. The first-order chi connectivity index (χ1) is 9.49. The number of piperidine rings is 1. The number of halogens is 2. The standard InChI is InChI=1S/C13H16FN3O3.ClH/c1-8-12(3-2-6-15-8)16-13(18)10-5-4-9(17(19)20)7-11(10)14;/h4-5,7-8,12,15H,2-3,6H2,1H3,(H,16,18);1H. The Morgan fingerprint density at radius 3 is 2.81 bits per heavy atom. The van der Waals surface area contributed by atoms with Crippen molar-refractivity contribution in [2.45, 2.75) is 31.8 Å². The van der Waals surface area contributed by atoms with Crippen molar-refractivity contribution in [3.63, 3.8) is 0 Å². The molecular weight excluding hydrogens is 301 g/mol. The summed E-state index contributed by atoms with van der Waals surface area (Å²) in [5.74, 6) is -1.42. The molecule has 2 atom stereocenters. The van der Waals surface area contributed by atoms with Gasteiger partial charge in [-0.25, -0.2) is 4.39 Å². The summed E-state index contributed by atoms with van der Waals surface area (Å²) in [4.78, 5) is 21.8. The fourth-order valence-corrected chi connectivity index (χ4v) is 2.29. The van der Waals surface area contributed by atoms with Crippen molar-refractivity contribution in [2.75, 3.05) is 6.54 Å². The van der Waals surface area contributed by atoms with Crippen LogP contribution >= 0.6 is 12.4 Å². The van der Waals surface area contributed by atoms with Crippen molar-refractivity contribution < 1.29 is 14.1 Å². The number of carbonyl (C=O) groups excluding carboxylic acids is 1. The summed E-state index contributed by atoms with van der Waals surface area (Å²) in [7, 11) is 0.